The maximum absolute atomic E-state index is 9.19. The predicted octanol–water partition coefficient (Wildman–Crippen LogP) is -0.942. The molecule has 1 rings (SSSR count). The van der Waals surface area contributed by atoms with E-state index in [4.69, 9.17) is 5.73 Å². The molecule has 0 aromatic carbocycles. The normalized spacial score (nSPS) is 38.0. The first-order valence-electron chi connectivity index (χ1n) is 3.45. The maximum Gasteiger partial charge on any atom is 0.0703 e. The van der Waals surface area contributed by atoms with Crippen molar-refractivity contribution in [3.63, 3.8) is 0 Å². The summed E-state index contributed by atoms with van der Waals surface area (Å²) in [6.07, 6.45) is 1.39. The van der Waals surface area contributed by atoms with Gasteiger partial charge in [-0.25, -0.2) is 0 Å². The van der Waals surface area contributed by atoms with Crippen molar-refractivity contribution < 1.29 is 5.11 Å². The minimum Gasteiger partial charge on any atom is -0.391 e. The molecule has 1 fully saturated rings. The Bertz CT molecular complexity index is 77.1. The number of hydrogen-bond donors (Lipinski definition) is 3. The Kier molecular flexibility index (Phi) is 2.45. The second kappa shape index (κ2) is 3.15. The van der Waals surface area contributed by atoms with Gasteiger partial charge in [0.2, 0.25) is 0 Å². The molecule has 1 saturated heterocycles. The summed E-state index contributed by atoms with van der Waals surface area (Å²) in [6.45, 7) is 1.84. The fraction of sp³-hybridized carbons (Fsp3) is 1.00. The van der Waals surface area contributed by atoms with Gasteiger partial charge in [-0.15, -0.1) is 0 Å². The van der Waals surface area contributed by atoms with Crippen LogP contribution in [0.2, 0.25) is 0 Å². The average molecular weight is 130 g/mol. The van der Waals surface area contributed by atoms with Crippen LogP contribution in [-0.4, -0.2) is 30.3 Å². The zero-order valence-electron chi connectivity index (χ0n) is 5.51. The molecule has 0 saturated carbocycles. The van der Waals surface area contributed by atoms with E-state index in [9.17, 15) is 5.11 Å². The molecule has 3 heteroatoms. The molecule has 0 amide bonds. The molecule has 0 aromatic rings. The first-order chi connectivity index (χ1) is 4.30. The highest BCUT2D eigenvalue weighted by Crippen LogP contribution is 2.02. The van der Waals surface area contributed by atoms with Gasteiger partial charge in [-0.1, -0.05) is 0 Å². The van der Waals surface area contributed by atoms with Gasteiger partial charge in [0.1, 0.15) is 0 Å². The summed E-state index contributed by atoms with van der Waals surface area (Å²) in [7, 11) is 0. The number of nitrogens with one attached hydrogen (secondary N) is 1. The van der Waals surface area contributed by atoms with Crippen LogP contribution in [0.4, 0.5) is 0 Å². The van der Waals surface area contributed by atoms with Gasteiger partial charge >= 0.3 is 0 Å². The summed E-state index contributed by atoms with van der Waals surface area (Å²) in [6, 6.07) is -0.0139. The second-order valence-electron chi connectivity index (χ2n) is 2.56. The quantitative estimate of drug-likeness (QED) is 0.396. The zero-order chi connectivity index (χ0) is 6.69. The first kappa shape index (κ1) is 6.99. The summed E-state index contributed by atoms with van der Waals surface area (Å²) < 4.78 is 0. The minimum absolute atomic E-state index is 0.0139. The molecule has 0 aromatic heterocycles. The van der Waals surface area contributed by atoms with Gasteiger partial charge in [-0.2, -0.15) is 0 Å². The standard InChI is InChI=1S/C6H14N2O/c7-5-1-3-8-4-2-6(5)9/h5-6,8-9H,1-4,7H2/t5-,6+/m0/s1. The summed E-state index contributed by atoms with van der Waals surface area (Å²) in [5.74, 6) is 0. The third-order valence-electron chi connectivity index (χ3n) is 1.77. The molecule has 54 valence electrons. The van der Waals surface area contributed by atoms with E-state index in [0.717, 1.165) is 25.9 Å². The largest absolute Gasteiger partial charge is 0.391 e. The van der Waals surface area contributed by atoms with E-state index in [1.54, 1.807) is 0 Å². The first-order valence-corrected chi connectivity index (χ1v) is 3.45. The van der Waals surface area contributed by atoms with Gasteiger partial charge in [-0.3, -0.25) is 0 Å². The highest BCUT2D eigenvalue weighted by molar-refractivity contribution is 4.76. The SMILES string of the molecule is N[C@H]1CCNCC[C@H]1O. The molecule has 1 aliphatic heterocycles. The van der Waals surface area contributed by atoms with Gasteiger partial charge < -0.3 is 16.2 Å². The Hall–Kier alpha value is -0.120. The van der Waals surface area contributed by atoms with Crippen molar-refractivity contribution >= 4 is 0 Å². The van der Waals surface area contributed by atoms with E-state index in [0.29, 0.717) is 0 Å². The Morgan fingerprint density at radius 3 is 2.78 bits per heavy atom. The van der Waals surface area contributed by atoms with Crippen molar-refractivity contribution in [1.82, 2.24) is 5.32 Å². The molecular weight excluding hydrogens is 116 g/mol. The smallest absolute Gasteiger partial charge is 0.0703 e. The number of aliphatic hydroxyl groups is 1. The molecule has 9 heavy (non-hydrogen) atoms. The predicted molar refractivity (Wildman–Crippen MR) is 36.1 cm³/mol. The van der Waals surface area contributed by atoms with Gasteiger partial charge in [-0.05, 0) is 25.9 Å². The van der Waals surface area contributed by atoms with Crippen LogP contribution in [0.1, 0.15) is 12.8 Å². The van der Waals surface area contributed by atoms with E-state index in [1.807, 2.05) is 0 Å². The fourth-order valence-corrected chi connectivity index (χ4v) is 1.05. The lowest BCUT2D eigenvalue weighted by Gasteiger charge is -2.12. The van der Waals surface area contributed by atoms with Crippen LogP contribution in [0.15, 0.2) is 0 Å². The number of rotatable bonds is 0. The van der Waals surface area contributed by atoms with Gasteiger partial charge in [0.25, 0.3) is 0 Å². The van der Waals surface area contributed by atoms with Crippen molar-refractivity contribution in [3.05, 3.63) is 0 Å². The van der Waals surface area contributed by atoms with Crippen molar-refractivity contribution in [2.24, 2.45) is 5.73 Å². The molecule has 0 aliphatic carbocycles. The molecule has 0 radical (unpaired) electrons. The summed E-state index contributed by atoms with van der Waals surface area (Å²) in [4.78, 5) is 0. The molecule has 1 aliphatic rings. The van der Waals surface area contributed by atoms with Gasteiger partial charge in [0, 0.05) is 6.04 Å². The topological polar surface area (TPSA) is 58.3 Å². The van der Waals surface area contributed by atoms with E-state index in [-0.39, 0.29) is 12.1 Å². The lowest BCUT2D eigenvalue weighted by Crippen LogP contribution is -2.34. The van der Waals surface area contributed by atoms with Crippen LogP contribution in [0, 0.1) is 0 Å². The summed E-state index contributed by atoms with van der Waals surface area (Å²) in [5.41, 5.74) is 5.59. The zero-order valence-corrected chi connectivity index (χ0v) is 5.51. The molecule has 1 heterocycles. The van der Waals surface area contributed by atoms with Crippen molar-refractivity contribution in [1.29, 1.82) is 0 Å². The third-order valence-corrected chi connectivity index (χ3v) is 1.77. The lowest BCUT2D eigenvalue weighted by atomic mass is 10.1. The molecule has 3 nitrogen and oxygen atoms in total. The Balaban J connectivity index is 2.32. The van der Waals surface area contributed by atoms with Gasteiger partial charge in [0.05, 0.1) is 6.10 Å². The van der Waals surface area contributed by atoms with Gasteiger partial charge in [0.15, 0.2) is 0 Å². The Morgan fingerprint density at radius 1 is 1.33 bits per heavy atom. The maximum atomic E-state index is 9.19. The summed E-state index contributed by atoms with van der Waals surface area (Å²) in [5, 5.41) is 12.4. The summed E-state index contributed by atoms with van der Waals surface area (Å²) >= 11 is 0. The average Bonchev–Trinajstić information content (AvgIpc) is 1.99. The van der Waals surface area contributed by atoms with Crippen molar-refractivity contribution in [2.45, 2.75) is 25.0 Å². The van der Waals surface area contributed by atoms with E-state index in [1.165, 1.54) is 0 Å². The Morgan fingerprint density at radius 2 is 2.00 bits per heavy atom. The molecule has 0 bridgehead atoms. The molecule has 4 N–H and O–H groups in total. The molecule has 2 atom stereocenters. The van der Waals surface area contributed by atoms with E-state index in [2.05, 4.69) is 5.32 Å². The monoisotopic (exact) mass is 130 g/mol. The lowest BCUT2D eigenvalue weighted by molar-refractivity contribution is 0.141. The van der Waals surface area contributed by atoms with E-state index >= 15 is 0 Å². The second-order valence-corrected chi connectivity index (χ2v) is 2.56. The highest BCUT2D eigenvalue weighted by Gasteiger charge is 2.16. The highest BCUT2D eigenvalue weighted by atomic mass is 16.3. The number of hydrogen-bond acceptors (Lipinski definition) is 3. The van der Waals surface area contributed by atoms with Crippen LogP contribution in [0.5, 0.6) is 0 Å². The Labute approximate surface area is 55.2 Å². The van der Waals surface area contributed by atoms with E-state index < -0.39 is 0 Å². The van der Waals surface area contributed by atoms with Crippen LogP contribution in [0.25, 0.3) is 0 Å². The van der Waals surface area contributed by atoms with Crippen LogP contribution < -0.4 is 11.1 Å². The molecule has 0 unspecified atom stereocenters. The molecule has 0 spiro atoms. The van der Waals surface area contributed by atoms with Crippen LogP contribution >= 0.6 is 0 Å². The minimum atomic E-state index is -0.292. The van der Waals surface area contributed by atoms with Crippen LogP contribution in [-0.2, 0) is 0 Å². The number of nitrogens with two attached hydrogens (primary N) is 1. The third kappa shape index (κ3) is 1.93. The van der Waals surface area contributed by atoms with Crippen LogP contribution in [0.3, 0.4) is 0 Å². The van der Waals surface area contributed by atoms with Crippen molar-refractivity contribution in [2.75, 3.05) is 13.1 Å². The fourth-order valence-electron chi connectivity index (χ4n) is 1.05. The van der Waals surface area contributed by atoms with Crippen molar-refractivity contribution in [3.8, 4) is 0 Å². The molecular formula is C6H14N2O. The number of aliphatic hydroxyl groups excluding tert-OH is 1.